The van der Waals surface area contributed by atoms with E-state index in [0.29, 0.717) is 15.9 Å². The average Bonchev–Trinajstić information content (AvgIpc) is 3.67. The van der Waals surface area contributed by atoms with E-state index >= 15 is 0 Å². The van der Waals surface area contributed by atoms with Gasteiger partial charge in [0.15, 0.2) is 4.96 Å². The van der Waals surface area contributed by atoms with E-state index in [1.54, 1.807) is 15.7 Å². The lowest BCUT2D eigenvalue weighted by Gasteiger charge is -2.28. The molecule has 1 aliphatic carbocycles. The molecular formula is C47H33N3OS. The van der Waals surface area contributed by atoms with Crippen molar-refractivity contribution in [2.45, 2.75) is 19.3 Å². The average molecular weight is 688 g/mol. The van der Waals surface area contributed by atoms with Crippen LogP contribution in [0.2, 0.25) is 0 Å². The third-order valence-electron chi connectivity index (χ3n) is 10.7. The van der Waals surface area contributed by atoms with Gasteiger partial charge in [-0.05, 0) is 105 Å². The second kappa shape index (κ2) is 11.6. The molecule has 4 nitrogen and oxygen atoms in total. The number of fused-ring (bicyclic) bond motifs is 7. The van der Waals surface area contributed by atoms with Gasteiger partial charge in [-0.15, -0.1) is 0 Å². The highest BCUT2D eigenvalue weighted by molar-refractivity contribution is 7.23. The summed E-state index contributed by atoms with van der Waals surface area (Å²) in [5, 5.41) is 0.619. The van der Waals surface area contributed by atoms with Crippen LogP contribution in [0.4, 0.5) is 17.1 Å². The van der Waals surface area contributed by atoms with Crippen molar-refractivity contribution in [3.63, 3.8) is 0 Å². The highest BCUT2D eigenvalue weighted by atomic mass is 32.1. The molecule has 52 heavy (non-hydrogen) atoms. The fraction of sp³-hybridized carbons (Fsp3) is 0.0638. The number of rotatable bonds is 5. The lowest BCUT2D eigenvalue weighted by Crippen LogP contribution is -2.16. The maximum atomic E-state index is 13.6. The van der Waals surface area contributed by atoms with E-state index < -0.39 is 0 Å². The molecule has 0 bridgehead atoms. The molecule has 5 heteroatoms. The summed E-state index contributed by atoms with van der Waals surface area (Å²) in [4.78, 5) is 21.6. The number of hydrogen-bond donors (Lipinski definition) is 0. The van der Waals surface area contributed by atoms with Gasteiger partial charge < -0.3 is 4.90 Å². The number of benzene rings is 7. The van der Waals surface area contributed by atoms with E-state index in [2.05, 4.69) is 140 Å². The van der Waals surface area contributed by atoms with Crippen LogP contribution in [0.25, 0.3) is 59.5 Å². The lowest BCUT2D eigenvalue weighted by molar-refractivity contribution is 0.660. The highest BCUT2D eigenvalue weighted by Crippen LogP contribution is 2.50. The van der Waals surface area contributed by atoms with Crippen LogP contribution in [0.15, 0.2) is 169 Å². The Morgan fingerprint density at radius 3 is 1.92 bits per heavy atom. The summed E-state index contributed by atoms with van der Waals surface area (Å²) in [6.07, 6.45) is 0. The van der Waals surface area contributed by atoms with Crippen molar-refractivity contribution in [3.8, 4) is 33.4 Å². The first-order valence-corrected chi connectivity index (χ1v) is 18.4. The smallest absolute Gasteiger partial charge is 0.266 e. The largest absolute Gasteiger partial charge is 0.310 e. The van der Waals surface area contributed by atoms with Crippen LogP contribution >= 0.6 is 11.3 Å². The predicted octanol–water partition coefficient (Wildman–Crippen LogP) is 12.2. The summed E-state index contributed by atoms with van der Waals surface area (Å²) in [6.45, 7) is 4.65. The van der Waals surface area contributed by atoms with Crippen molar-refractivity contribution in [1.29, 1.82) is 0 Å². The van der Waals surface area contributed by atoms with Gasteiger partial charge >= 0.3 is 0 Å². The molecule has 9 aromatic rings. The second-order valence-corrected chi connectivity index (χ2v) is 15.0. The monoisotopic (exact) mass is 687 g/mol. The summed E-state index contributed by atoms with van der Waals surface area (Å²) >= 11 is 1.54. The summed E-state index contributed by atoms with van der Waals surface area (Å²) in [5.41, 5.74) is 14.5. The molecule has 2 heterocycles. The van der Waals surface area contributed by atoms with Gasteiger partial charge in [0.25, 0.3) is 5.56 Å². The van der Waals surface area contributed by atoms with Crippen molar-refractivity contribution >= 4 is 54.5 Å². The van der Waals surface area contributed by atoms with Crippen LogP contribution in [0.3, 0.4) is 0 Å². The van der Waals surface area contributed by atoms with Crippen molar-refractivity contribution in [1.82, 2.24) is 9.38 Å². The first-order chi connectivity index (χ1) is 25.4. The Kier molecular flexibility index (Phi) is 6.82. The van der Waals surface area contributed by atoms with Crippen LogP contribution in [0.1, 0.15) is 25.0 Å². The third-order valence-corrected chi connectivity index (χ3v) is 11.7. The Morgan fingerprint density at radius 2 is 1.15 bits per heavy atom. The number of aromatic nitrogens is 2. The minimum absolute atomic E-state index is 0.0334. The van der Waals surface area contributed by atoms with Crippen LogP contribution in [0, 0.1) is 0 Å². The molecule has 0 fully saturated rings. The fourth-order valence-electron chi connectivity index (χ4n) is 7.97. The Bertz CT molecular complexity index is 2890. The molecule has 248 valence electrons. The van der Waals surface area contributed by atoms with Crippen molar-refractivity contribution in [2.24, 2.45) is 0 Å². The Hall–Kier alpha value is -6.30. The van der Waals surface area contributed by atoms with Gasteiger partial charge in [0.2, 0.25) is 0 Å². The number of thiazole rings is 1. The Morgan fingerprint density at radius 1 is 0.558 bits per heavy atom. The van der Waals surface area contributed by atoms with Crippen LogP contribution in [-0.2, 0) is 5.41 Å². The maximum absolute atomic E-state index is 13.6. The predicted molar refractivity (Wildman–Crippen MR) is 217 cm³/mol. The number of hydrogen-bond acceptors (Lipinski definition) is 4. The molecule has 10 rings (SSSR count). The molecule has 0 unspecified atom stereocenters. The quantitative estimate of drug-likeness (QED) is 0.181. The minimum atomic E-state index is -0.109. The van der Waals surface area contributed by atoms with Gasteiger partial charge in [-0.25, -0.2) is 4.98 Å². The molecule has 1 aliphatic rings. The van der Waals surface area contributed by atoms with Gasteiger partial charge in [-0.3, -0.25) is 9.20 Å². The highest BCUT2D eigenvalue weighted by Gasteiger charge is 2.35. The SMILES string of the molecule is CC1(C)c2ccccc2-c2ccc(N(c3ccc(-c4ccccc4)cc3)c3ccc(-c4ccc5c(=O)n6c(nc5c4)sc4ccccc46)cc3)cc21. The Balaban J connectivity index is 1.06. The third kappa shape index (κ3) is 4.74. The topological polar surface area (TPSA) is 37.6 Å². The number of nitrogens with zero attached hydrogens (tertiary/aromatic N) is 3. The lowest BCUT2D eigenvalue weighted by atomic mass is 9.82. The molecule has 0 N–H and O–H groups in total. The molecule has 2 aromatic heterocycles. The van der Waals surface area contributed by atoms with Crippen molar-refractivity contribution in [3.05, 3.63) is 185 Å². The number of para-hydroxylation sites is 1. The molecule has 0 radical (unpaired) electrons. The molecule has 0 aliphatic heterocycles. The maximum Gasteiger partial charge on any atom is 0.266 e. The first kappa shape index (κ1) is 30.5. The summed E-state index contributed by atoms with van der Waals surface area (Å²) < 4.78 is 2.78. The molecule has 0 spiro atoms. The zero-order chi connectivity index (χ0) is 35.0. The van der Waals surface area contributed by atoms with Gasteiger partial charge in [0, 0.05) is 22.5 Å². The summed E-state index contributed by atoms with van der Waals surface area (Å²) in [7, 11) is 0. The minimum Gasteiger partial charge on any atom is -0.310 e. The van der Waals surface area contributed by atoms with Crippen molar-refractivity contribution < 1.29 is 0 Å². The van der Waals surface area contributed by atoms with Crippen LogP contribution in [-0.4, -0.2) is 9.38 Å². The second-order valence-electron chi connectivity index (χ2n) is 14.0. The molecule has 0 saturated carbocycles. The van der Waals surface area contributed by atoms with Gasteiger partial charge in [-0.2, -0.15) is 0 Å². The summed E-state index contributed by atoms with van der Waals surface area (Å²) in [6, 6.07) is 57.7. The van der Waals surface area contributed by atoms with E-state index in [1.165, 1.54) is 33.4 Å². The first-order valence-electron chi connectivity index (χ1n) is 17.6. The van der Waals surface area contributed by atoms with E-state index in [4.69, 9.17) is 4.98 Å². The zero-order valence-electron chi connectivity index (χ0n) is 28.7. The normalized spacial score (nSPS) is 13.0. The fourth-order valence-corrected chi connectivity index (χ4v) is 8.99. The van der Waals surface area contributed by atoms with Gasteiger partial charge in [0.1, 0.15) is 0 Å². The summed E-state index contributed by atoms with van der Waals surface area (Å²) in [5.74, 6) is 0. The van der Waals surface area contributed by atoms with Gasteiger partial charge in [0.05, 0.1) is 21.1 Å². The van der Waals surface area contributed by atoms with Crippen molar-refractivity contribution in [2.75, 3.05) is 4.90 Å². The van der Waals surface area contributed by atoms with Crippen LogP contribution in [0.5, 0.6) is 0 Å². The molecule has 0 amide bonds. The van der Waals surface area contributed by atoms with E-state index in [1.807, 2.05) is 42.5 Å². The molecule has 7 aromatic carbocycles. The molecular weight excluding hydrogens is 655 g/mol. The molecule has 0 atom stereocenters. The van der Waals surface area contributed by atoms with E-state index in [0.717, 1.165) is 38.4 Å². The van der Waals surface area contributed by atoms with E-state index in [9.17, 15) is 4.79 Å². The van der Waals surface area contributed by atoms with Gasteiger partial charge in [-0.1, -0.05) is 128 Å². The Labute approximate surface area is 305 Å². The van der Waals surface area contributed by atoms with E-state index in [-0.39, 0.29) is 11.0 Å². The number of anilines is 3. The zero-order valence-corrected chi connectivity index (χ0v) is 29.6. The van der Waals surface area contributed by atoms with Crippen LogP contribution < -0.4 is 10.5 Å². The molecule has 0 saturated heterocycles. The standard InChI is InChI=1S/C47H33N3OS/c1-47(2)40-13-7-6-12-37(40)38-27-25-36(29-41(38)47)49(34-21-16-31(17-22-34)30-10-4-3-5-11-30)35-23-18-32(19-24-35)33-20-26-39-42(28-33)48-46-50(45(39)51)43-14-8-9-15-44(43)52-46/h3-29H,1-2H3.